The number of anilines is 1. The molecule has 0 aliphatic heterocycles. The number of nitrogens with two attached hydrogens (primary N) is 1. The average molecular weight is 278 g/mol. The Balaban J connectivity index is 3.21. The van der Waals surface area contributed by atoms with E-state index >= 15 is 0 Å². The second-order valence-corrected chi connectivity index (χ2v) is 5.40. The molecule has 20 heavy (non-hydrogen) atoms. The van der Waals surface area contributed by atoms with Crippen LogP contribution in [0, 0.1) is 6.92 Å². The van der Waals surface area contributed by atoms with Crippen molar-refractivity contribution in [2.24, 2.45) is 10.9 Å². The molecule has 0 saturated carbocycles. The van der Waals surface area contributed by atoms with Crippen molar-refractivity contribution in [3.63, 3.8) is 0 Å². The molecular weight excluding hydrogens is 252 g/mol. The lowest BCUT2D eigenvalue weighted by Gasteiger charge is -2.33. The van der Waals surface area contributed by atoms with Crippen LogP contribution in [0.1, 0.15) is 25.0 Å². The molecule has 0 spiro atoms. The summed E-state index contributed by atoms with van der Waals surface area (Å²) in [5, 5.41) is 12.1. The zero-order chi connectivity index (χ0) is 15.3. The largest absolute Gasteiger partial charge is 0.409 e. The van der Waals surface area contributed by atoms with Crippen LogP contribution in [0.2, 0.25) is 0 Å². The maximum atomic E-state index is 8.98. The van der Waals surface area contributed by atoms with Crippen LogP contribution in [0.25, 0.3) is 0 Å². The van der Waals surface area contributed by atoms with Crippen LogP contribution in [-0.4, -0.2) is 49.2 Å². The molecule has 0 aliphatic rings. The summed E-state index contributed by atoms with van der Waals surface area (Å²) in [4.78, 5) is 4.43. The highest BCUT2D eigenvalue weighted by atomic mass is 16.4. The zero-order valence-electron chi connectivity index (χ0n) is 13.1. The van der Waals surface area contributed by atoms with E-state index in [9.17, 15) is 0 Å². The van der Waals surface area contributed by atoms with Gasteiger partial charge in [0, 0.05) is 30.4 Å². The van der Waals surface area contributed by atoms with Crippen LogP contribution in [0.3, 0.4) is 0 Å². The van der Waals surface area contributed by atoms with E-state index in [1.54, 1.807) is 0 Å². The van der Waals surface area contributed by atoms with Gasteiger partial charge in [0.1, 0.15) is 0 Å². The molecular formula is C15H26N4O. The first-order valence-corrected chi connectivity index (χ1v) is 6.90. The second kappa shape index (κ2) is 7.14. The first-order chi connectivity index (χ1) is 9.40. The van der Waals surface area contributed by atoms with E-state index in [4.69, 9.17) is 10.9 Å². The van der Waals surface area contributed by atoms with Crippen LogP contribution in [-0.2, 0) is 0 Å². The Bertz CT molecular complexity index is 471. The monoisotopic (exact) mass is 278 g/mol. The van der Waals surface area contributed by atoms with E-state index < -0.39 is 0 Å². The predicted octanol–water partition coefficient (Wildman–Crippen LogP) is 1.87. The van der Waals surface area contributed by atoms with Gasteiger partial charge in [0.2, 0.25) is 0 Å². The quantitative estimate of drug-likeness (QED) is 0.361. The first-order valence-electron chi connectivity index (χ1n) is 6.90. The van der Waals surface area contributed by atoms with E-state index in [1.807, 2.05) is 19.1 Å². The van der Waals surface area contributed by atoms with E-state index in [2.05, 4.69) is 49.0 Å². The number of amidine groups is 1. The normalized spacial score (nSPS) is 13.6. The third kappa shape index (κ3) is 3.87. The number of likely N-dealkylation sites (N-methyl/N-ethyl adjacent to an activating group) is 2. The summed E-state index contributed by atoms with van der Waals surface area (Å²) in [6.45, 7) is 8.10. The smallest absolute Gasteiger partial charge is 0.172 e. The number of oxime groups is 1. The minimum absolute atomic E-state index is 0.152. The molecule has 0 bridgehead atoms. The van der Waals surface area contributed by atoms with Gasteiger partial charge in [-0.3, -0.25) is 0 Å². The Hall–Kier alpha value is -1.75. The van der Waals surface area contributed by atoms with E-state index in [0.29, 0.717) is 6.04 Å². The predicted molar refractivity (Wildman–Crippen MR) is 84.7 cm³/mol. The van der Waals surface area contributed by atoms with Crippen molar-refractivity contribution in [1.82, 2.24) is 4.90 Å². The Kier molecular flexibility index (Phi) is 5.82. The minimum atomic E-state index is 0.152. The summed E-state index contributed by atoms with van der Waals surface area (Å²) in [6, 6.07) is 6.38. The van der Waals surface area contributed by atoms with Crippen molar-refractivity contribution < 1.29 is 5.21 Å². The van der Waals surface area contributed by atoms with Crippen molar-refractivity contribution in [1.29, 1.82) is 0 Å². The lowest BCUT2D eigenvalue weighted by Crippen LogP contribution is -2.41. The van der Waals surface area contributed by atoms with Crippen LogP contribution in [0.4, 0.5) is 5.69 Å². The number of hydrogen-bond acceptors (Lipinski definition) is 4. The maximum Gasteiger partial charge on any atom is 0.172 e. The van der Waals surface area contributed by atoms with Gasteiger partial charge in [-0.05, 0) is 47.0 Å². The Morgan fingerprint density at radius 1 is 1.40 bits per heavy atom. The number of aryl methyl sites for hydroxylation is 1. The van der Waals surface area contributed by atoms with E-state index in [0.717, 1.165) is 29.9 Å². The van der Waals surface area contributed by atoms with Crippen LogP contribution in [0.15, 0.2) is 23.4 Å². The van der Waals surface area contributed by atoms with Crippen molar-refractivity contribution in [3.8, 4) is 0 Å². The van der Waals surface area contributed by atoms with Crippen molar-refractivity contribution >= 4 is 11.5 Å². The molecule has 1 aromatic rings. The molecule has 5 heteroatoms. The first kappa shape index (κ1) is 16.3. The van der Waals surface area contributed by atoms with Gasteiger partial charge in [0.15, 0.2) is 5.84 Å². The summed E-state index contributed by atoms with van der Waals surface area (Å²) in [5.74, 6) is 0.152. The lowest BCUT2D eigenvalue weighted by molar-refractivity contribution is 0.318. The fourth-order valence-corrected chi connectivity index (χ4v) is 2.51. The number of nitrogens with zero attached hydrogens (tertiary/aromatic N) is 3. The Morgan fingerprint density at radius 2 is 2.05 bits per heavy atom. The Morgan fingerprint density at radius 3 is 2.55 bits per heavy atom. The van der Waals surface area contributed by atoms with Crippen molar-refractivity contribution in [2.75, 3.05) is 32.1 Å². The molecule has 0 heterocycles. The highest BCUT2D eigenvalue weighted by molar-refractivity contribution is 6.02. The topological polar surface area (TPSA) is 65.1 Å². The van der Waals surface area contributed by atoms with Crippen molar-refractivity contribution in [2.45, 2.75) is 26.8 Å². The summed E-state index contributed by atoms with van der Waals surface area (Å²) in [5.41, 5.74) is 8.69. The minimum Gasteiger partial charge on any atom is -0.409 e. The van der Waals surface area contributed by atoms with Crippen LogP contribution in [0.5, 0.6) is 0 Å². The number of rotatable bonds is 6. The van der Waals surface area contributed by atoms with E-state index in [-0.39, 0.29) is 5.84 Å². The van der Waals surface area contributed by atoms with Gasteiger partial charge in [0.05, 0.1) is 0 Å². The molecule has 3 N–H and O–H groups in total. The SMILES string of the molecule is CCN(c1ccc(C)cc1/C(N)=N/O)C(C)CN(C)C. The van der Waals surface area contributed by atoms with Gasteiger partial charge in [-0.25, -0.2) is 0 Å². The molecule has 1 rings (SSSR count). The van der Waals surface area contributed by atoms with Crippen LogP contribution >= 0.6 is 0 Å². The Labute approximate surface area is 121 Å². The molecule has 0 aliphatic carbocycles. The summed E-state index contributed by atoms with van der Waals surface area (Å²) in [6.07, 6.45) is 0. The summed E-state index contributed by atoms with van der Waals surface area (Å²) >= 11 is 0. The van der Waals surface area contributed by atoms with Gasteiger partial charge in [0.25, 0.3) is 0 Å². The molecule has 5 nitrogen and oxygen atoms in total. The van der Waals surface area contributed by atoms with Gasteiger partial charge in [-0.15, -0.1) is 0 Å². The van der Waals surface area contributed by atoms with Crippen LogP contribution < -0.4 is 10.6 Å². The van der Waals surface area contributed by atoms with Gasteiger partial charge in [-0.2, -0.15) is 0 Å². The number of benzene rings is 1. The molecule has 112 valence electrons. The highest BCUT2D eigenvalue weighted by Gasteiger charge is 2.18. The van der Waals surface area contributed by atoms with E-state index in [1.165, 1.54) is 0 Å². The fraction of sp³-hybridized carbons (Fsp3) is 0.533. The molecule has 0 fully saturated rings. The third-order valence-corrected chi connectivity index (χ3v) is 3.35. The van der Waals surface area contributed by atoms with Gasteiger partial charge >= 0.3 is 0 Å². The highest BCUT2D eigenvalue weighted by Crippen LogP contribution is 2.24. The lowest BCUT2D eigenvalue weighted by atomic mass is 10.1. The van der Waals surface area contributed by atoms with Gasteiger partial charge < -0.3 is 20.7 Å². The summed E-state index contributed by atoms with van der Waals surface area (Å²) in [7, 11) is 4.12. The number of hydrogen-bond donors (Lipinski definition) is 2. The molecule has 0 radical (unpaired) electrons. The molecule has 0 amide bonds. The van der Waals surface area contributed by atoms with Crippen molar-refractivity contribution in [3.05, 3.63) is 29.3 Å². The molecule has 0 aromatic heterocycles. The maximum absolute atomic E-state index is 8.98. The molecule has 1 unspecified atom stereocenters. The van der Waals surface area contributed by atoms with Gasteiger partial charge in [-0.1, -0.05) is 16.8 Å². The standard InChI is InChI=1S/C15H26N4O/c1-6-19(12(3)10-18(4)5)14-8-7-11(2)9-13(14)15(16)17-20/h7-9,12,20H,6,10H2,1-5H3,(H2,16,17). The molecule has 1 atom stereocenters. The second-order valence-electron chi connectivity index (χ2n) is 5.40. The fourth-order valence-electron chi connectivity index (χ4n) is 2.51. The summed E-state index contributed by atoms with van der Waals surface area (Å²) < 4.78 is 0. The molecule has 1 aromatic carbocycles. The third-order valence-electron chi connectivity index (χ3n) is 3.35. The zero-order valence-corrected chi connectivity index (χ0v) is 13.1. The average Bonchev–Trinajstić information content (AvgIpc) is 2.39. The molecule has 0 saturated heterocycles.